The van der Waals surface area contributed by atoms with E-state index in [4.69, 9.17) is 5.10 Å². The number of hydrazone groups is 1. The molecule has 0 saturated carbocycles. The number of rotatable bonds is 4. The molecular weight excluding hydrogens is 407 g/mol. The van der Waals surface area contributed by atoms with Crippen LogP contribution in [0, 0.1) is 19.7 Å². The molecule has 0 N–H and O–H groups in total. The number of benzene rings is 2. The molecule has 2 aliphatic heterocycles. The highest BCUT2D eigenvalue weighted by atomic mass is 19.1. The Bertz CT molecular complexity index is 1060. The fourth-order valence-corrected chi connectivity index (χ4v) is 4.51. The standard InChI is InChI=1S/C25H29FN4O2/c1-17-8-9-20(18(2)14-17)23-15-24(21-6-4-5-7-22(21)26)30(27-23)25(32)16-28-10-12-29(13-11-28)19(3)31/h4-9,14,24H,10-13,15-16H2,1-3H3/t24-/m1/s1. The van der Waals surface area contributed by atoms with Gasteiger partial charge in [0.25, 0.3) is 5.91 Å². The maximum absolute atomic E-state index is 14.7. The van der Waals surface area contributed by atoms with Gasteiger partial charge in [0.05, 0.1) is 18.3 Å². The van der Waals surface area contributed by atoms with Crippen LogP contribution >= 0.6 is 0 Å². The fraction of sp³-hybridized carbons (Fsp3) is 0.400. The lowest BCUT2D eigenvalue weighted by Crippen LogP contribution is -2.50. The fourth-order valence-electron chi connectivity index (χ4n) is 4.51. The third kappa shape index (κ3) is 4.58. The summed E-state index contributed by atoms with van der Waals surface area (Å²) in [6.45, 7) is 8.31. The normalized spacial score (nSPS) is 19.2. The van der Waals surface area contributed by atoms with Gasteiger partial charge in [0.2, 0.25) is 5.91 Å². The van der Waals surface area contributed by atoms with Crippen LogP contribution in [0.15, 0.2) is 47.6 Å². The molecule has 1 fully saturated rings. The van der Waals surface area contributed by atoms with E-state index in [2.05, 4.69) is 6.07 Å². The number of carbonyl (C=O) groups is 2. The Kier molecular flexibility index (Phi) is 6.37. The summed E-state index contributed by atoms with van der Waals surface area (Å²) in [4.78, 5) is 28.7. The van der Waals surface area contributed by atoms with Gasteiger partial charge in [-0.25, -0.2) is 9.40 Å². The number of amides is 2. The lowest BCUT2D eigenvalue weighted by Gasteiger charge is -2.34. The van der Waals surface area contributed by atoms with Crippen molar-refractivity contribution in [2.45, 2.75) is 33.2 Å². The molecule has 4 rings (SSSR count). The first-order valence-corrected chi connectivity index (χ1v) is 11.0. The number of halogens is 1. The Balaban J connectivity index is 1.58. The molecule has 168 valence electrons. The highest BCUT2D eigenvalue weighted by Gasteiger charge is 2.35. The highest BCUT2D eigenvalue weighted by Crippen LogP contribution is 2.35. The SMILES string of the molecule is CC(=O)N1CCN(CC(=O)N2N=C(c3ccc(C)cc3C)C[C@@H]2c2ccccc2F)CC1. The Labute approximate surface area is 188 Å². The lowest BCUT2D eigenvalue weighted by molar-refractivity contribution is -0.135. The molecule has 2 amide bonds. The molecule has 0 spiro atoms. The van der Waals surface area contributed by atoms with Gasteiger partial charge in [-0.05, 0) is 25.5 Å². The quantitative estimate of drug-likeness (QED) is 0.739. The van der Waals surface area contributed by atoms with E-state index in [0.717, 1.165) is 22.4 Å². The average Bonchev–Trinajstić information content (AvgIpc) is 3.19. The van der Waals surface area contributed by atoms with Crippen LogP contribution in [-0.4, -0.2) is 65.1 Å². The van der Waals surface area contributed by atoms with Gasteiger partial charge in [0.15, 0.2) is 0 Å². The first-order chi connectivity index (χ1) is 15.3. The molecular formula is C25H29FN4O2. The van der Waals surface area contributed by atoms with Crippen molar-refractivity contribution in [2.24, 2.45) is 5.10 Å². The smallest absolute Gasteiger partial charge is 0.257 e. The second kappa shape index (κ2) is 9.20. The Morgan fingerprint density at radius 3 is 2.44 bits per heavy atom. The van der Waals surface area contributed by atoms with Crippen molar-refractivity contribution in [3.63, 3.8) is 0 Å². The highest BCUT2D eigenvalue weighted by molar-refractivity contribution is 6.04. The summed E-state index contributed by atoms with van der Waals surface area (Å²) in [6, 6.07) is 12.3. The minimum Gasteiger partial charge on any atom is -0.340 e. The summed E-state index contributed by atoms with van der Waals surface area (Å²) in [5, 5.41) is 6.16. The maximum atomic E-state index is 14.7. The topological polar surface area (TPSA) is 56.2 Å². The molecule has 2 heterocycles. The number of nitrogens with zero attached hydrogens (tertiary/aromatic N) is 4. The van der Waals surface area contributed by atoms with Crippen LogP contribution in [0.1, 0.15) is 41.6 Å². The molecule has 0 aromatic heterocycles. The number of carbonyl (C=O) groups excluding carboxylic acids is 2. The zero-order valence-corrected chi connectivity index (χ0v) is 18.8. The van der Waals surface area contributed by atoms with Gasteiger partial charge in [0, 0.05) is 50.7 Å². The first-order valence-electron chi connectivity index (χ1n) is 11.0. The summed E-state index contributed by atoms with van der Waals surface area (Å²) in [5.74, 6) is -0.436. The predicted octanol–water partition coefficient (Wildman–Crippen LogP) is 3.28. The number of aryl methyl sites for hydroxylation is 2. The van der Waals surface area contributed by atoms with E-state index in [9.17, 15) is 14.0 Å². The minimum absolute atomic E-state index is 0.0536. The molecule has 7 heteroatoms. The molecule has 0 bridgehead atoms. The van der Waals surface area contributed by atoms with Crippen LogP contribution < -0.4 is 0 Å². The van der Waals surface area contributed by atoms with E-state index < -0.39 is 6.04 Å². The zero-order valence-electron chi connectivity index (χ0n) is 18.8. The van der Waals surface area contributed by atoms with Crippen LogP contribution in [0.3, 0.4) is 0 Å². The van der Waals surface area contributed by atoms with E-state index in [1.807, 2.05) is 30.9 Å². The van der Waals surface area contributed by atoms with E-state index in [1.54, 1.807) is 30.0 Å². The van der Waals surface area contributed by atoms with Crippen LogP contribution in [0.5, 0.6) is 0 Å². The van der Waals surface area contributed by atoms with Crippen molar-refractivity contribution in [2.75, 3.05) is 32.7 Å². The third-order valence-corrected chi connectivity index (χ3v) is 6.30. The maximum Gasteiger partial charge on any atom is 0.257 e. The molecule has 1 atom stereocenters. The van der Waals surface area contributed by atoms with Crippen LogP contribution in [0.2, 0.25) is 0 Å². The van der Waals surface area contributed by atoms with Gasteiger partial charge in [-0.1, -0.05) is 42.0 Å². The summed E-state index contributed by atoms with van der Waals surface area (Å²) in [5.41, 5.74) is 4.51. The molecule has 1 saturated heterocycles. The second-order valence-corrected chi connectivity index (χ2v) is 8.63. The van der Waals surface area contributed by atoms with Gasteiger partial charge < -0.3 is 4.90 Å². The average molecular weight is 437 g/mol. The summed E-state index contributed by atoms with van der Waals surface area (Å²) in [7, 11) is 0. The Morgan fingerprint density at radius 2 is 1.78 bits per heavy atom. The van der Waals surface area contributed by atoms with Crippen molar-refractivity contribution in [3.8, 4) is 0 Å². The molecule has 0 aliphatic carbocycles. The zero-order chi connectivity index (χ0) is 22.8. The first kappa shape index (κ1) is 22.1. The second-order valence-electron chi connectivity index (χ2n) is 8.63. The van der Waals surface area contributed by atoms with Gasteiger partial charge in [-0.15, -0.1) is 0 Å². The monoisotopic (exact) mass is 436 g/mol. The predicted molar refractivity (Wildman–Crippen MR) is 122 cm³/mol. The van der Waals surface area contributed by atoms with E-state index in [0.29, 0.717) is 38.2 Å². The number of hydrogen-bond acceptors (Lipinski definition) is 4. The van der Waals surface area contributed by atoms with E-state index in [-0.39, 0.29) is 24.2 Å². The van der Waals surface area contributed by atoms with Crippen LogP contribution in [0.25, 0.3) is 0 Å². The van der Waals surface area contributed by atoms with E-state index in [1.165, 1.54) is 11.1 Å². The molecule has 2 aliphatic rings. The largest absolute Gasteiger partial charge is 0.340 e. The number of piperazine rings is 1. The summed E-state index contributed by atoms with van der Waals surface area (Å²) >= 11 is 0. The summed E-state index contributed by atoms with van der Waals surface area (Å²) < 4.78 is 14.7. The Hall–Kier alpha value is -3.06. The van der Waals surface area contributed by atoms with Crippen molar-refractivity contribution in [1.29, 1.82) is 0 Å². The minimum atomic E-state index is -0.474. The summed E-state index contributed by atoms with van der Waals surface area (Å²) in [6.07, 6.45) is 0.467. The lowest BCUT2D eigenvalue weighted by atomic mass is 9.95. The molecule has 0 radical (unpaired) electrons. The molecule has 6 nitrogen and oxygen atoms in total. The van der Waals surface area contributed by atoms with Crippen molar-refractivity contribution >= 4 is 17.5 Å². The van der Waals surface area contributed by atoms with E-state index >= 15 is 0 Å². The van der Waals surface area contributed by atoms with Gasteiger partial charge in [0.1, 0.15) is 5.82 Å². The van der Waals surface area contributed by atoms with Gasteiger partial charge in [-0.3, -0.25) is 14.5 Å². The molecule has 0 unspecified atom stereocenters. The van der Waals surface area contributed by atoms with Gasteiger partial charge >= 0.3 is 0 Å². The third-order valence-electron chi connectivity index (χ3n) is 6.30. The van der Waals surface area contributed by atoms with Gasteiger partial charge in [-0.2, -0.15) is 5.10 Å². The van der Waals surface area contributed by atoms with Crippen molar-refractivity contribution < 1.29 is 14.0 Å². The van der Waals surface area contributed by atoms with Crippen LogP contribution in [0.4, 0.5) is 4.39 Å². The number of hydrogen-bond donors (Lipinski definition) is 0. The molecule has 2 aromatic rings. The Morgan fingerprint density at radius 1 is 1.06 bits per heavy atom. The molecule has 2 aromatic carbocycles. The molecule has 32 heavy (non-hydrogen) atoms. The van der Waals surface area contributed by atoms with Crippen molar-refractivity contribution in [3.05, 3.63) is 70.5 Å². The van der Waals surface area contributed by atoms with Crippen molar-refractivity contribution in [1.82, 2.24) is 14.8 Å². The van der Waals surface area contributed by atoms with Crippen LogP contribution in [-0.2, 0) is 9.59 Å².